The monoisotopic (exact) mass is 1920 g/mol. The smallest absolute Gasteiger partial charge is 0.268 e. The number of hydrogen-bond donors (Lipinski definition) is 13. The molecular weight excluding hydrogens is 1780 g/mol. The number of amides is 4. The van der Waals surface area contributed by atoms with E-state index in [4.69, 9.17) is 60.9 Å². The van der Waals surface area contributed by atoms with Gasteiger partial charge in [0.2, 0.25) is 23.6 Å². The normalized spacial score (nSPS) is 27.7. The summed E-state index contributed by atoms with van der Waals surface area (Å²) in [7, 11) is -9.92. The number of phosphoric acid groups is 1. The van der Waals surface area contributed by atoms with Crippen LogP contribution in [-0.4, -0.2) is 349 Å². The lowest BCUT2D eigenvalue weighted by Gasteiger charge is -2.42. The van der Waals surface area contributed by atoms with Crippen molar-refractivity contribution >= 4 is 79.1 Å². The van der Waals surface area contributed by atoms with Gasteiger partial charge >= 0.3 is 0 Å². The van der Waals surface area contributed by atoms with Crippen LogP contribution in [0.15, 0.2) is 12.7 Å². The van der Waals surface area contributed by atoms with E-state index >= 15 is 0 Å². The number of carbonyl (C=O) groups is 9. The van der Waals surface area contributed by atoms with Crippen LogP contribution < -0.4 is 25.7 Å². The number of ketones is 5. The van der Waals surface area contributed by atoms with Crippen LogP contribution in [-0.2, 0) is 113 Å². The Hall–Kier alpha value is -5.76. The number of unbranched alkanes of at least 4 members (excludes halogenated alkanes) is 8. The third kappa shape index (κ3) is 37.9. The molecule has 0 aromatic carbocycles. The number of aliphatic hydroxyl groups excluding tert-OH is 10. The molecule has 132 heavy (non-hydrogen) atoms. The van der Waals surface area contributed by atoms with Crippen LogP contribution in [0.3, 0.4) is 0 Å². The zero-order valence-electron chi connectivity index (χ0n) is 76.6. The molecule has 46 heteroatoms. The van der Waals surface area contributed by atoms with E-state index in [0.29, 0.717) is 107 Å². The summed E-state index contributed by atoms with van der Waals surface area (Å²) in [5, 5.41) is 110. The van der Waals surface area contributed by atoms with Crippen LogP contribution in [0.2, 0.25) is 0 Å². The largest absolute Gasteiger partial charge is 0.778 e. The molecule has 0 spiro atoms. The molecule has 5 fully saturated rings. The number of Topliss-reactive ketones (excluding diaryl/α,β-unsaturated/α-hetero) is 5. The number of carbonyl (C=O) groups excluding carboxylic acids is 9. The number of nitrogens with one attached hydrogen (secondary N) is 3. The predicted molar refractivity (Wildman–Crippen MR) is 460 cm³/mol. The van der Waals surface area contributed by atoms with E-state index < -0.39 is 232 Å². The van der Waals surface area contributed by atoms with E-state index in [1.165, 1.54) is 38.0 Å². The standard InChI is InChI=1S/C86H144N8O36P2/c1-53(2)131(114,115)124-47-69-65(40-73(126-69)94-52-90-74-56(5)88-51-89-82(74)94)130-132(116,117)125-46-58-39-64(104)42-93(58)72(107)41-71(106)92-86(48-118-36-29-62(102)23-11-7-9-21-59(99)26-14-18-33-121-83-54(3)76(108)78(110)66(43-95)127-83,49-119-37-30-63(103)24-12-8-10-22-60(100)27-15-19-34-122-84-55(4)77(109)79(111)67(44-96)128-84)50-120-38-31-70(105)87-32-17-13-25-61(101)28-16-20-35-123-85-75(91-57(6)98)81(113)80(112)68(45-97)129-85/h51-55,58,64-69,73,75-81,83-85,95-97,104,108-113H,7-50H2,1-6H3,(H,87,105)(H,91,98)(H,92,106)(H,114,115)(H,116,117)/p-2/t54?,55?,58-,64+,65+,66?,67?,68?,69-,73-,75?,76-,77-,78+,79+,80+,81-,83-,84-,85-,86?/m1/s1. The molecule has 13 N–H and O–H groups in total. The molecule has 0 aliphatic carbocycles. The van der Waals surface area contributed by atoms with Crippen LogP contribution in [0.1, 0.15) is 226 Å². The molecule has 2 aromatic heterocycles. The van der Waals surface area contributed by atoms with Gasteiger partial charge in [0.15, 0.2) is 24.5 Å². The molecule has 8 unspecified atom stereocenters. The molecule has 0 bridgehead atoms. The maximum atomic E-state index is 14.6. The average molecular weight is 1930 g/mol. The molecule has 0 saturated carbocycles. The quantitative estimate of drug-likeness (QED) is 0.0242. The fourth-order valence-electron chi connectivity index (χ4n) is 15.9. The Balaban J connectivity index is 0.957. The lowest BCUT2D eigenvalue weighted by atomic mass is 9.92. The maximum Gasteiger partial charge on any atom is 0.268 e. The second kappa shape index (κ2) is 58.2. The molecule has 5 aliphatic heterocycles. The zero-order chi connectivity index (χ0) is 96.7. The number of phosphoric ester groups is 1. The minimum absolute atomic E-state index is 0.0224. The van der Waals surface area contributed by atoms with Gasteiger partial charge in [0.1, 0.15) is 121 Å². The number of β-amino-alcohol motifs (C(OH)–C–C–N with tert-alkyl or cyclic N) is 1. The highest BCUT2D eigenvalue weighted by Gasteiger charge is 2.48. The number of imidazole rings is 1. The van der Waals surface area contributed by atoms with Crippen molar-refractivity contribution < 1.29 is 174 Å². The van der Waals surface area contributed by atoms with Gasteiger partial charge in [-0.3, -0.25) is 52.3 Å². The van der Waals surface area contributed by atoms with Crippen molar-refractivity contribution in [1.29, 1.82) is 0 Å². The van der Waals surface area contributed by atoms with Crippen molar-refractivity contribution in [2.24, 2.45) is 11.8 Å². The summed E-state index contributed by atoms with van der Waals surface area (Å²) in [6.07, 6.45) is -9.32. The first-order valence-electron chi connectivity index (χ1n) is 46.1. The van der Waals surface area contributed by atoms with Crippen LogP contribution in [0.5, 0.6) is 0 Å². The molecule has 4 amide bonds. The SMILES string of the molecule is CC(=O)NC1[C@H](OCCCCC(=O)CCCCNC(=O)CCOCC(COCCC(=O)CCCCCC(=O)CCCCO[C@@H]2OC(CO)[C@H](O)[C@H](O)C2C)(COCCC(=O)CCCCCC(=O)CCCCO[C@@H]2OC(CO)[C@H](O)[C@H](O)C2C)NC(=O)CC(=O)N2C[C@@H](O)C[C@@H]2COP(=O)([O-])O[C@H]2C[C@H](n3cnc4c(C)ncnc43)O[C@@H]2COP(=O)([O-])C(C)C)OC(CO)[C@H](O)[C@@H]1O. The Kier molecular flexibility index (Phi) is 49.9. The molecule has 5 saturated heterocycles. The molecule has 7 rings (SSSR count). The van der Waals surface area contributed by atoms with Gasteiger partial charge in [-0.05, 0) is 90.4 Å². The van der Waals surface area contributed by atoms with Gasteiger partial charge < -0.3 is 147 Å². The fourth-order valence-corrected chi connectivity index (χ4v) is 17.5. The minimum atomic E-state index is -5.43. The van der Waals surface area contributed by atoms with E-state index in [1.807, 2.05) is 0 Å². The Morgan fingerprint density at radius 1 is 0.530 bits per heavy atom. The number of aromatic nitrogens is 4. The summed E-state index contributed by atoms with van der Waals surface area (Å²) in [4.78, 5) is 160. The lowest BCUT2D eigenvalue weighted by molar-refractivity contribution is -0.282. The number of fused-ring (bicyclic) bond motifs is 1. The Morgan fingerprint density at radius 3 is 1.47 bits per heavy atom. The molecular formula is C86H142N8O36P2-2. The Labute approximate surface area is 769 Å². The topological polar surface area (TPSA) is 639 Å². The van der Waals surface area contributed by atoms with Gasteiger partial charge in [-0.1, -0.05) is 40.5 Å². The number of nitrogens with zero attached hydrogens (tertiary/aromatic N) is 5. The minimum Gasteiger partial charge on any atom is -0.778 e. The third-order valence-electron chi connectivity index (χ3n) is 23.9. The summed E-state index contributed by atoms with van der Waals surface area (Å²) in [5.41, 5.74) is -1.43. The fraction of sp³-hybridized carbons (Fsp3) is 0.837. The van der Waals surface area contributed by atoms with Gasteiger partial charge in [0, 0.05) is 134 Å². The molecule has 0 radical (unpaired) electrons. The third-order valence-corrected chi connectivity index (χ3v) is 26.7. The van der Waals surface area contributed by atoms with Crippen LogP contribution in [0.4, 0.5) is 0 Å². The highest BCUT2D eigenvalue weighted by molar-refractivity contribution is 7.52. The van der Waals surface area contributed by atoms with Crippen molar-refractivity contribution in [3.63, 3.8) is 0 Å². The average Bonchev–Trinajstić information content (AvgIpc) is 1.66. The summed E-state index contributed by atoms with van der Waals surface area (Å²) in [5.74, 6) is -4.33. The van der Waals surface area contributed by atoms with Gasteiger partial charge in [0.25, 0.3) is 7.82 Å². The van der Waals surface area contributed by atoms with Crippen molar-refractivity contribution in [3.8, 4) is 0 Å². The molecule has 5 aliphatic rings. The van der Waals surface area contributed by atoms with E-state index in [2.05, 4.69) is 30.9 Å². The Morgan fingerprint density at radius 2 is 0.985 bits per heavy atom. The maximum absolute atomic E-state index is 14.6. The molecule has 2 aromatic rings. The van der Waals surface area contributed by atoms with Gasteiger partial charge in [-0.2, -0.15) is 0 Å². The van der Waals surface area contributed by atoms with E-state index in [9.17, 15) is 113 Å². The second-order valence-corrected chi connectivity index (χ2v) is 38.9. The number of aryl methyl sites for hydroxylation is 1. The molecule has 44 nitrogen and oxygen atoms in total. The second-order valence-electron chi connectivity index (χ2n) is 35.1. The summed E-state index contributed by atoms with van der Waals surface area (Å²) < 4.78 is 103. The molecule has 754 valence electrons. The van der Waals surface area contributed by atoms with Crippen molar-refractivity contribution in [2.45, 2.75) is 343 Å². The summed E-state index contributed by atoms with van der Waals surface area (Å²) in [6.45, 7) is 4.23. The highest BCUT2D eigenvalue weighted by Crippen LogP contribution is 2.49. The predicted octanol–water partition coefficient (Wildman–Crippen LogP) is 0.385. The highest BCUT2D eigenvalue weighted by atomic mass is 31.2. The number of likely N-dealkylation sites (tertiary alicyclic amines) is 1. The summed E-state index contributed by atoms with van der Waals surface area (Å²) in [6, 6.07) is -2.29. The van der Waals surface area contributed by atoms with E-state index in [0.717, 1.165) is 4.90 Å². The van der Waals surface area contributed by atoms with Gasteiger partial charge in [-0.25, -0.2) is 15.0 Å². The lowest BCUT2D eigenvalue weighted by Crippen LogP contribution is -2.64. The van der Waals surface area contributed by atoms with Crippen molar-refractivity contribution in [2.75, 3.05) is 106 Å². The first-order chi connectivity index (χ1) is 62.9. The zero-order valence-corrected chi connectivity index (χ0v) is 78.4. The number of hydrogen-bond acceptors (Lipinski definition) is 39. The van der Waals surface area contributed by atoms with Crippen LogP contribution in [0, 0.1) is 18.8 Å². The van der Waals surface area contributed by atoms with Crippen molar-refractivity contribution in [3.05, 3.63) is 18.3 Å². The Bertz CT molecular complexity index is 3870. The van der Waals surface area contributed by atoms with E-state index in [1.54, 1.807) is 20.8 Å². The first-order valence-corrected chi connectivity index (χ1v) is 49.2. The first kappa shape index (κ1) is 113. The number of rotatable bonds is 67. The van der Waals surface area contributed by atoms with Crippen LogP contribution in [0.25, 0.3) is 11.2 Å². The van der Waals surface area contributed by atoms with Gasteiger partial charge in [-0.15, -0.1) is 0 Å². The van der Waals surface area contributed by atoms with E-state index in [-0.39, 0.29) is 165 Å². The molecule has 22 atom stereocenters. The number of aliphatic hydroxyl groups is 10. The molecule has 7 heterocycles. The number of ether oxygens (including phenoxy) is 10. The van der Waals surface area contributed by atoms with Crippen LogP contribution >= 0.6 is 15.4 Å². The summed E-state index contributed by atoms with van der Waals surface area (Å²) >= 11 is 0. The van der Waals surface area contributed by atoms with Gasteiger partial charge in [0.05, 0.1) is 115 Å². The van der Waals surface area contributed by atoms with Crippen molar-refractivity contribution in [1.82, 2.24) is 40.4 Å².